The fourth-order valence-electron chi connectivity index (χ4n) is 1.22. The number of oxazole rings is 1. The fourth-order valence-corrected chi connectivity index (χ4v) is 1.22. The number of aromatic nitrogens is 2. The molecule has 0 aliphatic heterocycles. The van der Waals surface area contributed by atoms with Crippen molar-refractivity contribution in [3.63, 3.8) is 0 Å². The minimum Gasteiger partial charge on any atom is -0.444 e. The van der Waals surface area contributed by atoms with Gasteiger partial charge in [0.2, 0.25) is 5.89 Å². The number of aryl methyl sites for hydroxylation is 1. The maximum atomic E-state index is 10.8. The lowest BCUT2D eigenvalue weighted by atomic mass is 10.2. The molecule has 5 nitrogen and oxygen atoms in total. The van der Waals surface area contributed by atoms with Gasteiger partial charge in [0.15, 0.2) is 5.69 Å². The molecule has 0 saturated carbocycles. The molecule has 0 spiro atoms. The van der Waals surface area contributed by atoms with Crippen molar-refractivity contribution in [2.45, 2.75) is 6.92 Å². The average molecular weight is 203 g/mol. The zero-order chi connectivity index (χ0) is 10.8. The van der Waals surface area contributed by atoms with Gasteiger partial charge >= 0.3 is 0 Å². The Morgan fingerprint density at radius 2 is 2.33 bits per heavy atom. The van der Waals surface area contributed by atoms with Crippen molar-refractivity contribution >= 4 is 5.91 Å². The number of rotatable bonds is 2. The number of hydrogen-bond donors (Lipinski definition) is 1. The standard InChI is InChI=1S/C10H9N3O2/c1-6-7(3-2-4-12-6)10-13-8(5-15-10)9(11)14/h2-5H,1H3,(H2,11,14). The van der Waals surface area contributed by atoms with Gasteiger partial charge in [-0.2, -0.15) is 0 Å². The highest BCUT2D eigenvalue weighted by atomic mass is 16.3. The number of nitrogens with two attached hydrogens (primary N) is 1. The molecule has 5 heteroatoms. The minimum atomic E-state index is -0.605. The van der Waals surface area contributed by atoms with Crippen molar-refractivity contribution < 1.29 is 9.21 Å². The van der Waals surface area contributed by atoms with Crippen molar-refractivity contribution in [2.24, 2.45) is 5.73 Å². The average Bonchev–Trinajstić information content (AvgIpc) is 2.67. The first kappa shape index (κ1) is 9.39. The predicted octanol–water partition coefficient (Wildman–Crippen LogP) is 1.14. The van der Waals surface area contributed by atoms with Crippen molar-refractivity contribution in [2.75, 3.05) is 0 Å². The molecule has 2 heterocycles. The van der Waals surface area contributed by atoms with Gasteiger partial charge in [-0.3, -0.25) is 9.78 Å². The van der Waals surface area contributed by atoms with E-state index in [1.54, 1.807) is 12.3 Å². The summed E-state index contributed by atoms with van der Waals surface area (Å²) in [5, 5.41) is 0. The summed E-state index contributed by atoms with van der Waals surface area (Å²) in [6.45, 7) is 1.84. The van der Waals surface area contributed by atoms with E-state index in [-0.39, 0.29) is 5.69 Å². The Bertz CT molecular complexity index is 505. The number of carbonyl (C=O) groups excluding carboxylic acids is 1. The molecule has 0 fully saturated rings. The molecule has 2 rings (SSSR count). The van der Waals surface area contributed by atoms with E-state index in [4.69, 9.17) is 10.2 Å². The Balaban J connectivity index is 2.46. The number of amides is 1. The van der Waals surface area contributed by atoms with Gasteiger partial charge in [0.1, 0.15) is 6.26 Å². The van der Waals surface area contributed by atoms with Crippen LogP contribution in [0.15, 0.2) is 29.0 Å². The number of nitrogens with zero attached hydrogens (tertiary/aromatic N) is 2. The third-order valence-electron chi connectivity index (χ3n) is 1.99. The number of primary amides is 1. The van der Waals surface area contributed by atoms with Crippen LogP contribution in [0.4, 0.5) is 0 Å². The lowest BCUT2D eigenvalue weighted by Crippen LogP contribution is -2.11. The quantitative estimate of drug-likeness (QED) is 0.793. The van der Waals surface area contributed by atoms with Crippen LogP contribution >= 0.6 is 0 Å². The zero-order valence-electron chi connectivity index (χ0n) is 8.10. The van der Waals surface area contributed by atoms with Crippen LogP contribution < -0.4 is 5.73 Å². The number of hydrogen-bond acceptors (Lipinski definition) is 4. The normalized spacial score (nSPS) is 10.2. The van der Waals surface area contributed by atoms with Crippen LogP contribution in [0.3, 0.4) is 0 Å². The third-order valence-corrected chi connectivity index (χ3v) is 1.99. The molecule has 0 atom stereocenters. The highest BCUT2D eigenvalue weighted by Crippen LogP contribution is 2.20. The van der Waals surface area contributed by atoms with Gasteiger partial charge in [-0.25, -0.2) is 4.98 Å². The smallest absolute Gasteiger partial charge is 0.270 e. The molecule has 76 valence electrons. The summed E-state index contributed by atoms with van der Waals surface area (Å²) in [6, 6.07) is 3.59. The van der Waals surface area contributed by atoms with Gasteiger partial charge in [0.25, 0.3) is 5.91 Å². The highest BCUT2D eigenvalue weighted by molar-refractivity contribution is 5.90. The van der Waals surface area contributed by atoms with E-state index < -0.39 is 5.91 Å². The van der Waals surface area contributed by atoms with E-state index >= 15 is 0 Å². The number of carbonyl (C=O) groups is 1. The SMILES string of the molecule is Cc1ncccc1-c1nc(C(N)=O)co1. The van der Waals surface area contributed by atoms with Crippen LogP contribution in [-0.2, 0) is 0 Å². The Kier molecular flexibility index (Phi) is 2.21. The zero-order valence-corrected chi connectivity index (χ0v) is 8.10. The Hall–Kier alpha value is -2.17. The van der Waals surface area contributed by atoms with Crippen LogP contribution in [0.5, 0.6) is 0 Å². The maximum Gasteiger partial charge on any atom is 0.270 e. The van der Waals surface area contributed by atoms with E-state index in [1.807, 2.05) is 13.0 Å². The topological polar surface area (TPSA) is 82.0 Å². The minimum absolute atomic E-state index is 0.119. The summed E-state index contributed by atoms with van der Waals surface area (Å²) in [6.07, 6.45) is 2.92. The summed E-state index contributed by atoms with van der Waals surface area (Å²) >= 11 is 0. The van der Waals surface area contributed by atoms with E-state index in [1.165, 1.54) is 6.26 Å². The first-order chi connectivity index (χ1) is 7.18. The molecule has 0 bridgehead atoms. The Morgan fingerprint density at radius 3 is 2.93 bits per heavy atom. The first-order valence-corrected chi connectivity index (χ1v) is 4.36. The maximum absolute atomic E-state index is 10.8. The Morgan fingerprint density at radius 1 is 1.53 bits per heavy atom. The van der Waals surface area contributed by atoms with Crippen LogP contribution in [0, 0.1) is 6.92 Å². The largest absolute Gasteiger partial charge is 0.444 e. The van der Waals surface area contributed by atoms with E-state index in [2.05, 4.69) is 9.97 Å². The van der Waals surface area contributed by atoms with Gasteiger partial charge in [-0.15, -0.1) is 0 Å². The molecule has 0 aliphatic rings. The van der Waals surface area contributed by atoms with Gasteiger partial charge < -0.3 is 10.2 Å². The van der Waals surface area contributed by atoms with Crippen LogP contribution in [0.25, 0.3) is 11.5 Å². The molecule has 0 saturated heterocycles. The van der Waals surface area contributed by atoms with Crippen molar-refractivity contribution in [1.82, 2.24) is 9.97 Å². The van der Waals surface area contributed by atoms with Crippen LogP contribution in [0.2, 0.25) is 0 Å². The second kappa shape index (κ2) is 3.53. The molecule has 0 radical (unpaired) electrons. The van der Waals surface area contributed by atoms with Gasteiger partial charge in [0, 0.05) is 11.9 Å². The number of pyridine rings is 1. The predicted molar refractivity (Wildman–Crippen MR) is 53.0 cm³/mol. The van der Waals surface area contributed by atoms with Gasteiger partial charge in [-0.1, -0.05) is 0 Å². The summed E-state index contributed by atoms with van der Waals surface area (Å²) in [5.74, 6) is -0.249. The molecule has 2 aromatic heterocycles. The van der Waals surface area contributed by atoms with Crippen molar-refractivity contribution in [1.29, 1.82) is 0 Å². The second-order valence-electron chi connectivity index (χ2n) is 3.04. The van der Waals surface area contributed by atoms with Crippen LogP contribution in [-0.4, -0.2) is 15.9 Å². The molecule has 1 amide bonds. The van der Waals surface area contributed by atoms with Gasteiger partial charge in [0.05, 0.1) is 5.56 Å². The lowest BCUT2D eigenvalue weighted by molar-refractivity contribution is 0.0995. The lowest BCUT2D eigenvalue weighted by Gasteiger charge is -1.97. The van der Waals surface area contributed by atoms with E-state index in [0.29, 0.717) is 5.89 Å². The molecular formula is C10H9N3O2. The van der Waals surface area contributed by atoms with E-state index in [9.17, 15) is 4.79 Å². The summed E-state index contributed by atoms with van der Waals surface area (Å²) in [7, 11) is 0. The third kappa shape index (κ3) is 1.71. The van der Waals surface area contributed by atoms with Crippen molar-refractivity contribution in [3.8, 4) is 11.5 Å². The summed E-state index contributed by atoms with van der Waals surface area (Å²) in [4.78, 5) is 18.9. The summed E-state index contributed by atoms with van der Waals surface area (Å²) in [5.41, 5.74) is 6.73. The summed E-state index contributed by atoms with van der Waals surface area (Å²) < 4.78 is 5.14. The molecule has 0 unspecified atom stereocenters. The van der Waals surface area contributed by atoms with Crippen LogP contribution in [0.1, 0.15) is 16.2 Å². The Labute approximate surface area is 86.0 Å². The molecule has 2 aromatic rings. The monoisotopic (exact) mass is 203 g/mol. The fraction of sp³-hybridized carbons (Fsp3) is 0.100. The highest BCUT2D eigenvalue weighted by Gasteiger charge is 2.12. The van der Waals surface area contributed by atoms with Crippen molar-refractivity contribution in [3.05, 3.63) is 36.0 Å². The molecule has 2 N–H and O–H groups in total. The molecule has 0 aliphatic carbocycles. The molecule has 0 aromatic carbocycles. The molecule has 15 heavy (non-hydrogen) atoms. The van der Waals surface area contributed by atoms with E-state index in [0.717, 1.165) is 11.3 Å². The second-order valence-corrected chi connectivity index (χ2v) is 3.04. The first-order valence-electron chi connectivity index (χ1n) is 4.36. The molecular weight excluding hydrogens is 194 g/mol. The van der Waals surface area contributed by atoms with Gasteiger partial charge in [-0.05, 0) is 19.1 Å².